The van der Waals surface area contributed by atoms with Crippen molar-refractivity contribution in [2.45, 2.75) is 0 Å². The SMILES string of the molecule is N#Cc1c[nH+]c2c(c1)[nH]c1ccccc12. The highest BCUT2D eigenvalue weighted by Crippen LogP contribution is 2.21. The van der Waals surface area contributed by atoms with Crippen molar-refractivity contribution in [3.63, 3.8) is 0 Å². The molecule has 0 atom stereocenters. The molecule has 2 aromatic heterocycles. The third-order valence-corrected chi connectivity index (χ3v) is 2.54. The lowest BCUT2D eigenvalue weighted by Gasteiger charge is -1.84. The van der Waals surface area contributed by atoms with Gasteiger partial charge in [-0.15, -0.1) is 0 Å². The van der Waals surface area contributed by atoms with Gasteiger partial charge in [0.1, 0.15) is 17.1 Å². The van der Waals surface area contributed by atoms with Crippen LogP contribution in [0.25, 0.3) is 21.9 Å². The minimum atomic E-state index is 0.633. The predicted octanol–water partition coefficient (Wildman–Crippen LogP) is 2.01. The fourth-order valence-electron chi connectivity index (χ4n) is 1.84. The van der Waals surface area contributed by atoms with E-state index in [1.165, 1.54) is 0 Å². The summed E-state index contributed by atoms with van der Waals surface area (Å²) in [6, 6.07) is 12.0. The molecule has 3 rings (SSSR count). The number of para-hydroxylation sites is 1. The summed E-state index contributed by atoms with van der Waals surface area (Å²) in [6.07, 6.45) is 1.72. The third kappa shape index (κ3) is 1.09. The fourth-order valence-corrected chi connectivity index (χ4v) is 1.84. The van der Waals surface area contributed by atoms with Gasteiger partial charge in [-0.1, -0.05) is 12.1 Å². The highest BCUT2D eigenvalue weighted by molar-refractivity contribution is 6.02. The van der Waals surface area contributed by atoms with Crippen molar-refractivity contribution in [3.05, 3.63) is 42.1 Å². The number of nitriles is 1. The molecule has 0 saturated carbocycles. The van der Waals surface area contributed by atoms with Crippen LogP contribution < -0.4 is 4.98 Å². The van der Waals surface area contributed by atoms with Crippen LogP contribution in [-0.4, -0.2) is 4.98 Å². The van der Waals surface area contributed by atoms with Crippen LogP contribution in [0.4, 0.5) is 0 Å². The average molecular weight is 194 g/mol. The largest absolute Gasteiger partial charge is 0.349 e. The Kier molecular flexibility index (Phi) is 1.51. The van der Waals surface area contributed by atoms with Crippen molar-refractivity contribution in [2.24, 2.45) is 0 Å². The van der Waals surface area contributed by atoms with Crippen LogP contribution >= 0.6 is 0 Å². The first-order valence-corrected chi connectivity index (χ1v) is 4.71. The van der Waals surface area contributed by atoms with Crippen molar-refractivity contribution >= 4 is 21.9 Å². The molecule has 3 heteroatoms. The number of nitrogens with zero attached hydrogens (tertiary/aromatic N) is 1. The molecule has 0 amide bonds. The van der Waals surface area contributed by atoms with Gasteiger partial charge in [0.05, 0.1) is 10.9 Å². The second kappa shape index (κ2) is 2.82. The van der Waals surface area contributed by atoms with E-state index < -0.39 is 0 Å². The number of rotatable bonds is 0. The van der Waals surface area contributed by atoms with E-state index in [2.05, 4.69) is 22.1 Å². The van der Waals surface area contributed by atoms with Crippen molar-refractivity contribution in [1.82, 2.24) is 4.98 Å². The van der Waals surface area contributed by atoms with Gasteiger partial charge in [0.2, 0.25) is 5.52 Å². The second-order valence-corrected chi connectivity index (χ2v) is 3.46. The molecule has 0 aliphatic rings. The molecular formula is C12H8N3+. The second-order valence-electron chi connectivity index (χ2n) is 3.46. The molecule has 0 fully saturated rings. The summed E-state index contributed by atoms with van der Waals surface area (Å²) in [7, 11) is 0. The number of pyridine rings is 1. The Hall–Kier alpha value is -2.34. The minimum Gasteiger partial charge on any atom is -0.349 e. The maximum atomic E-state index is 8.79. The molecule has 3 nitrogen and oxygen atoms in total. The van der Waals surface area contributed by atoms with Gasteiger partial charge in [-0.2, -0.15) is 5.26 Å². The van der Waals surface area contributed by atoms with Crippen LogP contribution in [-0.2, 0) is 0 Å². The van der Waals surface area contributed by atoms with Gasteiger partial charge in [-0.25, -0.2) is 4.98 Å². The Bertz CT molecular complexity index is 689. The molecule has 0 aliphatic carbocycles. The van der Waals surface area contributed by atoms with E-state index in [-0.39, 0.29) is 0 Å². The van der Waals surface area contributed by atoms with Gasteiger partial charge in [0, 0.05) is 0 Å². The van der Waals surface area contributed by atoms with Crippen molar-refractivity contribution in [2.75, 3.05) is 0 Å². The fraction of sp³-hybridized carbons (Fsp3) is 0. The Balaban J connectivity index is 2.50. The monoisotopic (exact) mass is 194 g/mol. The van der Waals surface area contributed by atoms with Crippen LogP contribution in [0.1, 0.15) is 5.56 Å². The quantitative estimate of drug-likeness (QED) is 0.584. The number of hydrogen-bond acceptors (Lipinski definition) is 1. The topological polar surface area (TPSA) is 53.7 Å². The molecule has 3 aromatic rings. The maximum absolute atomic E-state index is 8.79. The zero-order valence-corrected chi connectivity index (χ0v) is 7.91. The minimum absolute atomic E-state index is 0.633. The summed E-state index contributed by atoms with van der Waals surface area (Å²) in [5.41, 5.74) is 3.73. The molecule has 15 heavy (non-hydrogen) atoms. The number of H-pyrrole nitrogens is 2. The molecule has 1 aromatic carbocycles. The molecule has 0 spiro atoms. The predicted molar refractivity (Wildman–Crippen MR) is 57.1 cm³/mol. The molecule has 70 valence electrons. The summed E-state index contributed by atoms with van der Waals surface area (Å²) in [4.78, 5) is 6.41. The third-order valence-electron chi connectivity index (χ3n) is 2.54. The Morgan fingerprint density at radius 2 is 2.07 bits per heavy atom. The van der Waals surface area contributed by atoms with Crippen molar-refractivity contribution in [3.8, 4) is 6.07 Å². The van der Waals surface area contributed by atoms with E-state index in [1.807, 2.05) is 24.3 Å². The van der Waals surface area contributed by atoms with Crippen LogP contribution in [0.3, 0.4) is 0 Å². The molecular weight excluding hydrogens is 186 g/mol. The molecule has 0 saturated heterocycles. The summed E-state index contributed by atoms with van der Waals surface area (Å²) in [5, 5.41) is 9.94. The summed E-state index contributed by atoms with van der Waals surface area (Å²) in [6.45, 7) is 0. The number of aromatic nitrogens is 2. The number of benzene rings is 1. The summed E-state index contributed by atoms with van der Waals surface area (Å²) >= 11 is 0. The van der Waals surface area contributed by atoms with Crippen LogP contribution in [0, 0.1) is 11.3 Å². The molecule has 0 bridgehead atoms. The van der Waals surface area contributed by atoms with E-state index >= 15 is 0 Å². The van der Waals surface area contributed by atoms with Crippen LogP contribution in [0.5, 0.6) is 0 Å². The number of aromatic amines is 2. The van der Waals surface area contributed by atoms with Crippen LogP contribution in [0.2, 0.25) is 0 Å². The molecule has 0 unspecified atom stereocenters. The Morgan fingerprint density at radius 1 is 1.20 bits per heavy atom. The van der Waals surface area contributed by atoms with E-state index in [0.717, 1.165) is 21.9 Å². The molecule has 0 aliphatic heterocycles. The summed E-state index contributed by atoms with van der Waals surface area (Å²) < 4.78 is 0. The zero-order chi connectivity index (χ0) is 10.3. The standard InChI is InChI=1S/C12H7N3/c13-6-8-5-11-12(14-7-8)9-3-1-2-4-10(9)15-11/h1-5,7,15H/p+1. The van der Waals surface area contributed by atoms with Gasteiger partial charge in [-0.05, 0) is 18.2 Å². The zero-order valence-electron chi connectivity index (χ0n) is 7.91. The first-order chi connectivity index (χ1) is 7.38. The van der Waals surface area contributed by atoms with E-state index in [9.17, 15) is 0 Å². The average Bonchev–Trinajstić information content (AvgIpc) is 2.66. The Morgan fingerprint density at radius 3 is 2.93 bits per heavy atom. The lowest BCUT2D eigenvalue weighted by molar-refractivity contribution is -0.343. The molecule has 2 heterocycles. The van der Waals surface area contributed by atoms with Crippen molar-refractivity contribution in [1.29, 1.82) is 5.26 Å². The molecule has 2 N–H and O–H groups in total. The Labute approximate surface area is 86.0 Å². The number of fused-ring (bicyclic) bond motifs is 3. The lowest BCUT2D eigenvalue weighted by Crippen LogP contribution is -2.02. The van der Waals surface area contributed by atoms with E-state index in [1.54, 1.807) is 6.20 Å². The van der Waals surface area contributed by atoms with E-state index in [0.29, 0.717) is 5.56 Å². The van der Waals surface area contributed by atoms with Crippen LogP contribution in [0.15, 0.2) is 36.5 Å². The first-order valence-electron chi connectivity index (χ1n) is 4.71. The van der Waals surface area contributed by atoms with Gasteiger partial charge in [0.15, 0.2) is 6.20 Å². The maximum Gasteiger partial charge on any atom is 0.236 e. The van der Waals surface area contributed by atoms with E-state index in [4.69, 9.17) is 5.26 Å². The van der Waals surface area contributed by atoms with Gasteiger partial charge in [-0.3, -0.25) is 0 Å². The number of hydrogen-bond donors (Lipinski definition) is 1. The first kappa shape index (κ1) is 8.01. The highest BCUT2D eigenvalue weighted by Gasteiger charge is 2.10. The van der Waals surface area contributed by atoms with Gasteiger partial charge >= 0.3 is 0 Å². The van der Waals surface area contributed by atoms with Gasteiger partial charge < -0.3 is 4.98 Å². The lowest BCUT2D eigenvalue weighted by atomic mass is 10.2. The van der Waals surface area contributed by atoms with Gasteiger partial charge in [0.25, 0.3) is 0 Å². The smallest absolute Gasteiger partial charge is 0.236 e. The normalized spacial score (nSPS) is 10.6. The summed E-state index contributed by atoms with van der Waals surface area (Å²) in [5.74, 6) is 0. The molecule has 0 radical (unpaired) electrons. The number of nitrogens with one attached hydrogen (secondary N) is 2. The highest BCUT2D eigenvalue weighted by atomic mass is 14.8. The van der Waals surface area contributed by atoms with Crippen molar-refractivity contribution < 1.29 is 4.98 Å².